The van der Waals surface area contributed by atoms with Gasteiger partial charge < -0.3 is 19.9 Å². The molecule has 0 unspecified atom stereocenters. The SMILES string of the molecule is COc1cc(-c2cc(C(=O)O)c3ccccc3n2)ccc1OCC(=O)NC1CCCCC1. The molecule has 1 heterocycles. The number of nitrogens with one attached hydrogen (secondary N) is 1. The van der Waals surface area contributed by atoms with Crippen LogP contribution in [0, 0.1) is 0 Å². The monoisotopic (exact) mass is 434 g/mol. The zero-order valence-corrected chi connectivity index (χ0v) is 18.0. The van der Waals surface area contributed by atoms with Crippen molar-refractivity contribution < 1.29 is 24.2 Å². The van der Waals surface area contributed by atoms with E-state index in [-0.39, 0.29) is 24.1 Å². The second-order valence-corrected chi connectivity index (χ2v) is 7.93. The van der Waals surface area contributed by atoms with Crippen molar-refractivity contribution in [1.82, 2.24) is 10.3 Å². The van der Waals surface area contributed by atoms with E-state index >= 15 is 0 Å². The number of nitrogens with zero attached hydrogens (tertiary/aromatic N) is 1. The van der Waals surface area contributed by atoms with Crippen LogP contribution in [0.1, 0.15) is 42.5 Å². The van der Waals surface area contributed by atoms with Gasteiger partial charge in [-0.3, -0.25) is 4.79 Å². The van der Waals surface area contributed by atoms with Crippen LogP contribution in [0.15, 0.2) is 48.5 Å². The lowest BCUT2D eigenvalue weighted by atomic mass is 9.95. The molecule has 3 aromatic rings. The first kappa shape index (κ1) is 21.6. The van der Waals surface area contributed by atoms with E-state index in [0.29, 0.717) is 33.7 Å². The van der Waals surface area contributed by atoms with E-state index in [4.69, 9.17) is 9.47 Å². The molecule has 32 heavy (non-hydrogen) atoms. The Morgan fingerprint density at radius 2 is 1.84 bits per heavy atom. The number of methoxy groups -OCH3 is 1. The van der Waals surface area contributed by atoms with Gasteiger partial charge in [-0.2, -0.15) is 0 Å². The highest BCUT2D eigenvalue weighted by molar-refractivity contribution is 6.03. The Bertz CT molecular complexity index is 1140. The molecule has 0 bridgehead atoms. The second kappa shape index (κ2) is 9.68. The minimum atomic E-state index is -1.01. The van der Waals surface area contributed by atoms with Gasteiger partial charge >= 0.3 is 5.97 Å². The van der Waals surface area contributed by atoms with Crippen molar-refractivity contribution in [1.29, 1.82) is 0 Å². The third kappa shape index (κ3) is 4.82. The summed E-state index contributed by atoms with van der Waals surface area (Å²) in [5.41, 5.74) is 1.99. The molecule has 0 radical (unpaired) electrons. The number of carboxylic acids is 1. The molecule has 7 heteroatoms. The fourth-order valence-electron chi connectivity index (χ4n) is 4.11. The molecule has 0 saturated heterocycles. The Morgan fingerprint density at radius 1 is 1.06 bits per heavy atom. The Labute approximate surface area is 186 Å². The molecule has 0 aliphatic heterocycles. The van der Waals surface area contributed by atoms with Gasteiger partial charge in [-0.25, -0.2) is 9.78 Å². The Balaban J connectivity index is 1.53. The van der Waals surface area contributed by atoms with Crippen molar-refractivity contribution in [3.8, 4) is 22.8 Å². The summed E-state index contributed by atoms with van der Waals surface area (Å²) in [4.78, 5) is 28.6. The van der Waals surface area contributed by atoms with Crippen LogP contribution < -0.4 is 14.8 Å². The Hall–Kier alpha value is -3.61. The number of fused-ring (bicyclic) bond motifs is 1. The predicted molar refractivity (Wildman–Crippen MR) is 121 cm³/mol. The normalized spacial score (nSPS) is 14.2. The number of ether oxygens (including phenoxy) is 2. The van der Waals surface area contributed by atoms with Crippen molar-refractivity contribution in [2.75, 3.05) is 13.7 Å². The number of hydrogen-bond acceptors (Lipinski definition) is 5. The molecule has 0 spiro atoms. The fraction of sp³-hybridized carbons (Fsp3) is 0.320. The maximum absolute atomic E-state index is 12.3. The van der Waals surface area contributed by atoms with Crippen molar-refractivity contribution >= 4 is 22.8 Å². The van der Waals surface area contributed by atoms with E-state index in [2.05, 4.69) is 10.3 Å². The van der Waals surface area contributed by atoms with Crippen molar-refractivity contribution in [2.24, 2.45) is 0 Å². The first-order chi connectivity index (χ1) is 15.5. The highest BCUT2D eigenvalue weighted by Gasteiger charge is 2.17. The van der Waals surface area contributed by atoms with Gasteiger partial charge in [0.2, 0.25) is 0 Å². The molecule has 1 aromatic heterocycles. The van der Waals surface area contributed by atoms with E-state index < -0.39 is 5.97 Å². The first-order valence-electron chi connectivity index (χ1n) is 10.8. The number of aromatic carboxylic acids is 1. The summed E-state index contributed by atoms with van der Waals surface area (Å²) in [6.45, 7) is -0.0937. The number of rotatable bonds is 7. The molecule has 2 N–H and O–H groups in total. The highest BCUT2D eigenvalue weighted by Crippen LogP contribution is 2.33. The molecular weight excluding hydrogens is 408 g/mol. The van der Waals surface area contributed by atoms with Crippen LogP contribution in [0.5, 0.6) is 11.5 Å². The molecule has 166 valence electrons. The summed E-state index contributed by atoms with van der Waals surface area (Å²) in [6, 6.07) is 14.1. The second-order valence-electron chi connectivity index (χ2n) is 7.93. The lowest BCUT2D eigenvalue weighted by Crippen LogP contribution is -2.38. The van der Waals surface area contributed by atoms with Gasteiger partial charge in [0.15, 0.2) is 18.1 Å². The number of hydrogen-bond donors (Lipinski definition) is 2. The summed E-state index contributed by atoms with van der Waals surface area (Å²) in [5.74, 6) is -0.278. The average molecular weight is 434 g/mol. The van der Waals surface area contributed by atoms with Crippen LogP contribution in [0.3, 0.4) is 0 Å². The molecule has 1 aliphatic carbocycles. The van der Waals surface area contributed by atoms with Crippen LogP contribution in [-0.2, 0) is 4.79 Å². The first-order valence-corrected chi connectivity index (χ1v) is 10.8. The zero-order valence-electron chi connectivity index (χ0n) is 18.0. The summed E-state index contributed by atoms with van der Waals surface area (Å²) >= 11 is 0. The zero-order chi connectivity index (χ0) is 22.5. The van der Waals surface area contributed by atoms with Crippen LogP contribution >= 0.6 is 0 Å². The van der Waals surface area contributed by atoms with Crippen LogP contribution in [0.25, 0.3) is 22.2 Å². The van der Waals surface area contributed by atoms with E-state index in [1.807, 2.05) is 6.07 Å². The van der Waals surface area contributed by atoms with Gasteiger partial charge in [0, 0.05) is 17.0 Å². The fourth-order valence-corrected chi connectivity index (χ4v) is 4.11. The molecule has 1 fully saturated rings. The van der Waals surface area contributed by atoms with Gasteiger partial charge in [0.25, 0.3) is 5.91 Å². The smallest absolute Gasteiger partial charge is 0.336 e. The Kier molecular flexibility index (Phi) is 6.54. The van der Waals surface area contributed by atoms with Crippen molar-refractivity contribution in [3.63, 3.8) is 0 Å². The number of aromatic nitrogens is 1. The lowest BCUT2D eigenvalue weighted by molar-refractivity contribution is -0.124. The summed E-state index contributed by atoms with van der Waals surface area (Å²) in [5, 5.41) is 13.2. The number of carboxylic acid groups (broad SMARTS) is 1. The average Bonchev–Trinajstić information content (AvgIpc) is 2.82. The maximum Gasteiger partial charge on any atom is 0.336 e. The number of carbonyl (C=O) groups is 2. The topological polar surface area (TPSA) is 97.8 Å². The Morgan fingerprint density at radius 3 is 2.59 bits per heavy atom. The molecule has 1 aliphatic rings. The standard InChI is InChI=1S/C25H26N2O5/c1-31-23-13-16(21-14-19(25(29)30)18-9-5-6-10-20(18)27-21)11-12-22(23)32-15-24(28)26-17-7-3-2-4-8-17/h5-6,9-14,17H,2-4,7-8,15H2,1H3,(H,26,28)(H,29,30). The molecule has 2 aromatic carbocycles. The van der Waals surface area contributed by atoms with Gasteiger partial charge in [0.1, 0.15) is 0 Å². The van der Waals surface area contributed by atoms with Crippen molar-refractivity contribution in [3.05, 3.63) is 54.1 Å². The van der Waals surface area contributed by atoms with Crippen LogP contribution in [0.4, 0.5) is 0 Å². The van der Waals surface area contributed by atoms with Crippen molar-refractivity contribution in [2.45, 2.75) is 38.1 Å². The minimum Gasteiger partial charge on any atom is -0.493 e. The third-order valence-electron chi connectivity index (χ3n) is 5.74. The molecular formula is C25H26N2O5. The number of amides is 1. The predicted octanol–water partition coefficient (Wildman–Crippen LogP) is 4.44. The molecule has 1 saturated carbocycles. The molecule has 0 atom stereocenters. The summed E-state index contributed by atoms with van der Waals surface area (Å²) in [6.07, 6.45) is 5.55. The number of para-hydroxylation sites is 1. The molecule has 4 rings (SSSR count). The van der Waals surface area contributed by atoms with Crippen LogP contribution in [0.2, 0.25) is 0 Å². The lowest BCUT2D eigenvalue weighted by Gasteiger charge is -2.22. The van der Waals surface area contributed by atoms with Gasteiger partial charge in [-0.15, -0.1) is 0 Å². The summed E-state index contributed by atoms with van der Waals surface area (Å²) < 4.78 is 11.2. The molecule has 7 nitrogen and oxygen atoms in total. The van der Waals surface area contributed by atoms with E-state index in [1.54, 1.807) is 42.5 Å². The third-order valence-corrected chi connectivity index (χ3v) is 5.74. The number of carbonyl (C=O) groups excluding carboxylic acids is 1. The van der Waals surface area contributed by atoms with E-state index in [0.717, 1.165) is 25.7 Å². The maximum atomic E-state index is 12.3. The largest absolute Gasteiger partial charge is 0.493 e. The summed E-state index contributed by atoms with van der Waals surface area (Å²) in [7, 11) is 1.52. The molecule has 1 amide bonds. The number of benzene rings is 2. The highest BCUT2D eigenvalue weighted by atomic mass is 16.5. The van der Waals surface area contributed by atoms with Gasteiger partial charge in [0.05, 0.1) is 23.9 Å². The minimum absolute atomic E-state index is 0.0937. The van der Waals surface area contributed by atoms with Gasteiger partial charge in [-0.05, 0) is 43.2 Å². The number of pyridine rings is 1. The van der Waals surface area contributed by atoms with Gasteiger partial charge in [-0.1, -0.05) is 37.5 Å². The van der Waals surface area contributed by atoms with E-state index in [1.165, 1.54) is 13.5 Å². The van der Waals surface area contributed by atoms with Crippen LogP contribution in [-0.4, -0.2) is 41.7 Å². The quantitative estimate of drug-likeness (QED) is 0.571. The van der Waals surface area contributed by atoms with E-state index in [9.17, 15) is 14.7 Å².